The number of carbonyl (C=O) groups is 2. The van der Waals surface area contributed by atoms with Gasteiger partial charge in [0.25, 0.3) is 5.91 Å². The number of amides is 2. The van der Waals surface area contributed by atoms with Gasteiger partial charge in [-0.25, -0.2) is 9.69 Å². The van der Waals surface area contributed by atoms with Crippen LogP contribution >= 0.6 is 0 Å². The number of carbonyl (C=O) groups excluding carboxylic acids is 1. The average molecular weight is 241 g/mol. The minimum absolute atomic E-state index is 0.332. The predicted molar refractivity (Wildman–Crippen MR) is 67.7 cm³/mol. The van der Waals surface area contributed by atoms with E-state index >= 15 is 0 Å². The third-order valence-corrected chi connectivity index (χ3v) is 2.43. The highest BCUT2D eigenvalue weighted by Gasteiger charge is 2.23. The van der Waals surface area contributed by atoms with E-state index in [2.05, 4.69) is 0 Å². The zero-order valence-corrected chi connectivity index (χ0v) is 9.48. The van der Waals surface area contributed by atoms with Crippen molar-refractivity contribution in [1.82, 2.24) is 0 Å². The first-order valence-corrected chi connectivity index (χ1v) is 5.37. The Morgan fingerprint density at radius 1 is 0.833 bits per heavy atom. The van der Waals surface area contributed by atoms with Gasteiger partial charge in [-0.1, -0.05) is 36.4 Å². The van der Waals surface area contributed by atoms with Crippen molar-refractivity contribution < 1.29 is 14.7 Å². The van der Waals surface area contributed by atoms with E-state index in [1.807, 2.05) is 0 Å². The van der Waals surface area contributed by atoms with Gasteiger partial charge in [0.15, 0.2) is 0 Å². The minimum Gasteiger partial charge on any atom is -0.464 e. The second kappa shape index (κ2) is 5.14. The van der Waals surface area contributed by atoms with E-state index < -0.39 is 12.0 Å². The average Bonchev–Trinajstić information content (AvgIpc) is 2.40. The summed E-state index contributed by atoms with van der Waals surface area (Å²) in [5.41, 5.74) is 0.669. The van der Waals surface area contributed by atoms with Crippen molar-refractivity contribution in [3.8, 4) is 0 Å². The molecule has 0 saturated heterocycles. The molecule has 0 fully saturated rings. The molecule has 2 rings (SSSR count). The van der Waals surface area contributed by atoms with Gasteiger partial charge in [-0.05, 0) is 24.3 Å². The van der Waals surface area contributed by atoms with Crippen molar-refractivity contribution in [2.45, 2.75) is 0 Å². The van der Waals surface area contributed by atoms with Crippen LogP contribution < -0.4 is 4.90 Å². The molecule has 2 amide bonds. The van der Waals surface area contributed by atoms with Gasteiger partial charge in [0.2, 0.25) is 0 Å². The maximum absolute atomic E-state index is 12.1. The second-order valence-electron chi connectivity index (χ2n) is 3.62. The van der Waals surface area contributed by atoms with Crippen molar-refractivity contribution in [2.24, 2.45) is 0 Å². The molecule has 2 aromatic carbocycles. The van der Waals surface area contributed by atoms with Crippen LogP contribution in [-0.2, 0) is 0 Å². The highest BCUT2D eigenvalue weighted by Crippen LogP contribution is 2.16. The first kappa shape index (κ1) is 11.9. The number of hydrogen-bond donors (Lipinski definition) is 1. The SMILES string of the molecule is O=C(O)N(C(=O)c1ccccc1)c1ccccc1. The molecule has 0 aliphatic carbocycles. The van der Waals surface area contributed by atoms with Gasteiger partial charge in [0, 0.05) is 5.56 Å². The summed E-state index contributed by atoms with van der Waals surface area (Å²) in [6.45, 7) is 0. The molecule has 0 atom stereocenters. The second-order valence-corrected chi connectivity index (χ2v) is 3.62. The largest absolute Gasteiger partial charge is 0.464 e. The number of anilines is 1. The lowest BCUT2D eigenvalue weighted by atomic mass is 10.2. The van der Waals surface area contributed by atoms with Gasteiger partial charge in [0.05, 0.1) is 5.69 Å². The first-order valence-electron chi connectivity index (χ1n) is 5.37. The van der Waals surface area contributed by atoms with Crippen LogP contribution in [0.1, 0.15) is 10.4 Å². The Kier molecular flexibility index (Phi) is 3.38. The van der Waals surface area contributed by atoms with Crippen LogP contribution in [0.5, 0.6) is 0 Å². The molecule has 4 nitrogen and oxygen atoms in total. The summed E-state index contributed by atoms with van der Waals surface area (Å²) in [6.07, 6.45) is -1.30. The Hall–Kier alpha value is -2.62. The van der Waals surface area contributed by atoms with E-state index in [1.165, 1.54) is 0 Å². The minimum atomic E-state index is -1.30. The molecule has 2 aromatic rings. The van der Waals surface area contributed by atoms with Gasteiger partial charge in [-0.15, -0.1) is 0 Å². The van der Waals surface area contributed by atoms with E-state index in [-0.39, 0.29) is 0 Å². The fourth-order valence-electron chi connectivity index (χ4n) is 1.60. The zero-order valence-electron chi connectivity index (χ0n) is 9.48. The van der Waals surface area contributed by atoms with Gasteiger partial charge in [0.1, 0.15) is 0 Å². The summed E-state index contributed by atoms with van der Waals surface area (Å²) in [5, 5.41) is 9.16. The van der Waals surface area contributed by atoms with E-state index in [0.29, 0.717) is 11.3 Å². The van der Waals surface area contributed by atoms with E-state index in [4.69, 9.17) is 5.11 Å². The van der Waals surface area contributed by atoms with Crippen molar-refractivity contribution >= 4 is 17.7 Å². The van der Waals surface area contributed by atoms with E-state index in [0.717, 1.165) is 4.90 Å². The number of carboxylic acid groups (broad SMARTS) is 1. The molecule has 0 spiro atoms. The maximum atomic E-state index is 12.1. The van der Waals surface area contributed by atoms with Crippen molar-refractivity contribution in [2.75, 3.05) is 4.90 Å². The standard InChI is InChI=1S/C14H11NO3/c16-13(11-7-3-1-4-8-11)15(14(17)18)12-9-5-2-6-10-12/h1-10H,(H,17,18). The molecular weight excluding hydrogens is 230 g/mol. The number of nitrogens with zero attached hydrogens (tertiary/aromatic N) is 1. The van der Waals surface area contributed by atoms with E-state index in [1.54, 1.807) is 60.7 Å². The van der Waals surface area contributed by atoms with Gasteiger partial charge >= 0.3 is 6.09 Å². The molecule has 0 aromatic heterocycles. The van der Waals surface area contributed by atoms with Gasteiger partial charge < -0.3 is 5.11 Å². The predicted octanol–water partition coefficient (Wildman–Crippen LogP) is 3.01. The molecule has 0 unspecified atom stereocenters. The van der Waals surface area contributed by atoms with Crippen LogP contribution in [0.3, 0.4) is 0 Å². The van der Waals surface area contributed by atoms with Crippen LogP contribution in [-0.4, -0.2) is 17.1 Å². The lowest BCUT2D eigenvalue weighted by molar-refractivity contribution is 0.0983. The molecular formula is C14H11NO3. The zero-order chi connectivity index (χ0) is 13.0. The van der Waals surface area contributed by atoms with Crippen LogP contribution in [0.4, 0.5) is 10.5 Å². The Balaban J connectivity index is 2.39. The van der Waals surface area contributed by atoms with Gasteiger partial charge in [-0.2, -0.15) is 0 Å². The Morgan fingerprint density at radius 2 is 1.33 bits per heavy atom. The number of para-hydroxylation sites is 1. The van der Waals surface area contributed by atoms with Crippen molar-refractivity contribution in [1.29, 1.82) is 0 Å². The maximum Gasteiger partial charge on any atom is 0.419 e. The molecule has 18 heavy (non-hydrogen) atoms. The normalized spacial score (nSPS) is 9.78. The molecule has 0 saturated carbocycles. The molecule has 4 heteroatoms. The quantitative estimate of drug-likeness (QED) is 0.879. The summed E-state index contributed by atoms with van der Waals surface area (Å²) >= 11 is 0. The molecule has 0 aliphatic heterocycles. The number of rotatable bonds is 2. The Labute approximate surface area is 104 Å². The molecule has 0 radical (unpaired) electrons. The van der Waals surface area contributed by atoms with Crippen LogP contribution in [0.2, 0.25) is 0 Å². The third kappa shape index (κ3) is 2.38. The fourth-order valence-corrected chi connectivity index (χ4v) is 1.60. The number of imide groups is 1. The number of benzene rings is 2. The summed E-state index contributed by atoms with van der Waals surface area (Å²) in [7, 11) is 0. The van der Waals surface area contributed by atoms with Crippen LogP contribution in [0.25, 0.3) is 0 Å². The van der Waals surface area contributed by atoms with E-state index in [9.17, 15) is 9.59 Å². The lowest BCUT2D eigenvalue weighted by Crippen LogP contribution is -2.35. The van der Waals surface area contributed by atoms with Crippen molar-refractivity contribution in [3.05, 3.63) is 66.2 Å². The topological polar surface area (TPSA) is 57.6 Å². The molecule has 90 valence electrons. The fraction of sp³-hybridized carbons (Fsp3) is 0. The summed E-state index contributed by atoms with van der Waals surface area (Å²) in [5.74, 6) is -0.561. The van der Waals surface area contributed by atoms with Crippen molar-refractivity contribution in [3.63, 3.8) is 0 Å². The van der Waals surface area contributed by atoms with Gasteiger partial charge in [-0.3, -0.25) is 4.79 Å². The monoisotopic (exact) mass is 241 g/mol. The first-order chi connectivity index (χ1) is 8.70. The molecule has 1 N–H and O–H groups in total. The third-order valence-electron chi connectivity index (χ3n) is 2.43. The highest BCUT2D eigenvalue weighted by atomic mass is 16.4. The lowest BCUT2D eigenvalue weighted by Gasteiger charge is -2.17. The summed E-state index contributed by atoms with van der Waals surface area (Å²) in [4.78, 5) is 24.1. The Morgan fingerprint density at radius 3 is 1.83 bits per heavy atom. The van der Waals surface area contributed by atoms with Crippen LogP contribution in [0, 0.1) is 0 Å². The number of hydrogen-bond acceptors (Lipinski definition) is 2. The molecule has 0 bridgehead atoms. The Bertz CT molecular complexity index is 552. The molecule has 0 aliphatic rings. The smallest absolute Gasteiger partial charge is 0.419 e. The summed E-state index contributed by atoms with van der Waals surface area (Å²) in [6, 6.07) is 16.6. The highest BCUT2D eigenvalue weighted by molar-refractivity contribution is 6.18. The van der Waals surface area contributed by atoms with Crippen LogP contribution in [0.15, 0.2) is 60.7 Å². The molecule has 0 heterocycles. The summed E-state index contributed by atoms with van der Waals surface area (Å²) < 4.78 is 0.